The van der Waals surface area contributed by atoms with Gasteiger partial charge in [0.25, 0.3) is 0 Å². The fourth-order valence-electron chi connectivity index (χ4n) is 3.17. The van der Waals surface area contributed by atoms with E-state index in [1.165, 1.54) is 30.6 Å². The minimum absolute atomic E-state index is 0.269. The number of hydrogen-bond donors (Lipinski definition) is 0. The van der Waals surface area contributed by atoms with Crippen LogP contribution in [0.3, 0.4) is 0 Å². The Labute approximate surface area is 111 Å². The molecule has 1 aromatic rings. The molecular formula is C16H25NO. The predicted octanol–water partition coefficient (Wildman–Crippen LogP) is 3.23. The highest BCUT2D eigenvalue weighted by atomic mass is 16.5. The van der Waals surface area contributed by atoms with Gasteiger partial charge in [-0.15, -0.1) is 0 Å². The lowest BCUT2D eigenvalue weighted by molar-refractivity contribution is 0.133. The van der Waals surface area contributed by atoms with Crippen molar-refractivity contribution in [3.63, 3.8) is 0 Å². The van der Waals surface area contributed by atoms with Crippen LogP contribution in [-0.4, -0.2) is 32.1 Å². The molecule has 0 spiro atoms. The summed E-state index contributed by atoms with van der Waals surface area (Å²) in [5, 5.41) is 0. The fourth-order valence-corrected chi connectivity index (χ4v) is 3.17. The first kappa shape index (κ1) is 13.4. The number of benzene rings is 1. The summed E-state index contributed by atoms with van der Waals surface area (Å²) in [6.07, 6.45) is 1.22. The third kappa shape index (κ3) is 2.26. The van der Waals surface area contributed by atoms with Gasteiger partial charge in [0.1, 0.15) is 5.75 Å². The molecular weight excluding hydrogens is 222 g/mol. The van der Waals surface area contributed by atoms with Gasteiger partial charge in [-0.05, 0) is 61.5 Å². The summed E-state index contributed by atoms with van der Waals surface area (Å²) in [6, 6.07) is 6.48. The van der Waals surface area contributed by atoms with Gasteiger partial charge in [0.15, 0.2) is 0 Å². The van der Waals surface area contributed by atoms with Gasteiger partial charge in [-0.2, -0.15) is 0 Å². The SMILES string of the molecule is COc1ccc(C)c([C@]2(C)CCN(C)CC2C)c1. The number of aryl methyl sites for hydroxylation is 1. The molecule has 0 N–H and O–H groups in total. The number of hydrogen-bond acceptors (Lipinski definition) is 2. The van der Waals surface area contributed by atoms with E-state index in [1.807, 2.05) is 0 Å². The lowest BCUT2D eigenvalue weighted by Crippen LogP contribution is -2.46. The smallest absolute Gasteiger partial charge is 0.119 e. The third-order valence-corrected chi connectivity index (χ3v) is 4.75. The lowest BCUT2D eigenvalue weighted by Gasteiger charge is -2.44. The van der Waals surface area contributed by atoms with Crippen LogP contribution in [0.4, 0.5) is 0 Å². The van der Waals surface area contributed by atoms with Crippen LogP contribution in [0, 0.1) is 12.8 Å². The summed E-state index contributed by atoms with van der Waals surface area (Å²) in [6.45, 7) is 9.34. The Bertz CT molecular complexity index is 429. The topological polar surface area (TPSA) is 12.5 Å². The molecule has 0 bridgehead atoms. The zero-order valence-electron chi connectivity index (χ0n) is 12.3. The standard InChI is InChI=1S/C16H25NO/c1-12-6-7-14(18-5)10-15(12)16(3)8-9-17(4)11-13(16)2/h6-7,10,13H,8-9,11H2,1-5H3/t13?,16-/m1/s1. The van der Waals surface area contributed by atoms with Crippen LogP contribution in [0.2, 0.25) is 0 Å². The van der Waals surface area contributed by atoms with E-state index in [4.69, 9.17) is 4.74 Å². The molecule has 0 radical (unpaired) electrons. The summed E-state index contributed by atoms with van der Waals surface area (Å²) in [4.78, 5) is 2.43. The van der Waals surface area contributed by atoms with Crippen molar-refractivity contribution in [1.29, 1.82) is 0 Å². The van der Waals surface area contributed by atoms with E-state index in [2.05, 4.69) is 50.9 Å². The van der Waals surface area contributed by atoms with E-state index in [0.29, 0.717) is 5.92 Å². The zero-order chi connectivity index (χ0) is 13.3. The Balaban J connectivity index is 2.40. The molecule has 18 heavy (non-hydrogen) atoms. The first-order valence-electron chi connectivity index (χ1n) is 6.81. The van der Waals surface area contributed by atoms with Gasteiger partial charge in [-0.1, -0.05) is 19.9 Å². The predicted molar refractivity (Wildman–Crippen MR) is 76.4 cm³/mol. The molecule has 2 heteroatoms. The van der Waals surface area contributed by atoms with E-state index < -0.39 is 0 Å². The largest absolute Gasteiger partial charge is 0.497 e. The maximum Gasteiger partial charge on any atom is 0.119 e. The minimum Gasteiger partial charge on any atom is -0.497 e. The van der Waals surface area contributed by atoms with Gasteiger partial charge in [0.05, 0.1) is 7.11 Å². The molecule has 0 saturated carbocycles. The van der Waals surface area contributed by atoms with Crippen molar-refractivity contribution in [3.8, 4) is 5.75 Å². The number of piperidine rings is 1. The van der Waals surface area contributed by atoms with Gasteiger partial charge < -0.3 is 9.64 Å². The number of rotatable bonds is 2. The quantitative estimate of drug-likeness (QED) is 0.795. The molecule has 0 amide bonds. The maximum atomic E-state index is 5.39. The Morgan fingerprint density at radius 1 is 1.39 bits per heavy atom. The molecule has 1 aliphatic rings. The van der Waals surface area contributed by atoms with Gasteiger partial charge in [0, 0.05) is 6.54 Å². The molecule has 2 nitrogen and oxygen atoms in total. The Hall–Kier alpha value is -1.02. The second-order valence-corrected chi connectivity index (χ2v) is 6.01. The van der Waals surface area contributed by atoms with E-state index in [-0.39, 0.29) is 5.41 Å². The minimum atomic E-state index is 0.269. The summed E-state index contributed by atoms with van der Waals surface area (Å²) < 4.78 is 5.39. The van der Waals surface area contributed by atoms with Gasteiger partial charge in [-0.3, -0.25) is 0 Å². The average molecular weight is 247 g/mol. The molecule has 1 unspecified atom stereocenters. The summed E-state index contributed by atoms with van der Waals surface area (Å²) in [5.41, 5.74) is 3.11. The third-order valence-electron chi connectivity index (χ3n) is 4.75. The van der Waals surface area contributed by atoms with E-state index in [0.717, 1.165) is 5.75 Å². The molecule has 0 aromatic heterocycles. The highest BCUT2D eigenvalue weighted by Gasteiger charge is 2.38. The average Bonchev–Trinajstić information content (AvgIpc) is 2.35. The van der Waals surface area contributed by atoms with Crippen molar-refractivity contribution in [2.75, 3.05) is 27.2 Å². The highest BCUT2D eigenvalue weighted by Crippen LogP contribution is 2.41. The van der Waals surface area contributed by atoms with Gasteiger partial charge >= 0.3 is 0 Å². The monoisotopic (exact) mass is 247 g/mol. The lowest BCUT2D eigenvalue weighted by atomic mass is 9.67. The second kappa shape index (κ2) is 4.93. The van der Waals surface area contributed by atoms with E-state index in [1.54, 1.807) is 7.11 Å². The fraction of sp³-hybridized carbons (Fsp3) is 0.625. The Morgan fingerprint density at radius 2 is 2.11 bits per heavy atom. The van der Waals surface area contributed by atoms with Crippen molar-refractivity contribution in [2.24, 2.45) is 5.92 Å². The maximum absolute atomic E-state index is 5.39. The van der Waals surface area contributed by atoms with Crippen LogP contribution in [0.25, 0.3) is 0 Å². The summed E-state index contributed by atoms with van der Waals surface area (Å²) >= 11 is 0. The number of methoxy groups -OCH3 is 1. The first-order valence-corrected chi connectivity index (χ1v) is 6.81. The molecule has 100 valence electrons. The molecule has 1 aliphatic heterocycles. The van der Waals surface area contributed by atoms with E-state index in [9.17, 15) is 0 Å². The van der Waals surface area contributed by atoms with Crippen molar-refractivity contribution in [3.05, 3.63) is 29.3 Å². The molecule has 2 rings (SSSR count). The zero-order valence-corrected chi connectivity index (χ0v) is 12.3. The highest BCUT2D eigenvalue weighted by molar-refractivity contribution is 5.40. The molecule has 1 fully saturated rings. The van der Waals surface area contributed by atoms with Crippen molar-refractivity contribution < 1.29 is 4.74 Å². The Morgan fingerprint density at radius 3 is 2.72 bits per heavy atom. The second-order valence-electron chi connectivity index (χ2n) is 6.01. The molecule has 0 aliphatic carbocycles. The van der Waals surface area contributed by atoms with Crippen LogP contribution in [-0.2, 0) is 5.41 Å². The van der Waals surface area contributed by atoms with Crippen LogP contribution >= 0.6 is 0 Å². The number of nitrogens with zero attached hydrogens (tertiary/aromatic N) is 1. The molecule has 2 atom stereocenters. The van der Waals surface area contributed by atoms with Gasteiger partial charge in [-0.25, -0.2) is 0 Å². The van der Waals surface area contributed by atoms with Crippen molar-refractivity contribution in [1.82, 2.24) is 4.90 Å². The van der Waals surface area contributed by atoms with Gasteiger partial charge in [0.2, 0.25) is 0 Å². The molecule has 1 heterocycles. The van der Waals surface area contributed by atoms with Crippen molar-refractivity contribution >= 4 is 0 Å². The Kier molecular flexibility index (Phi) is 3.67. The van der Waals surface area contributed by atoms with Crippen LogP contribution in [0.1, 0.15) is 31.4 Å². The number of ether oxygens (including phenoxy) is 1. The normalized spacial score (nSPS) is 29.3. The summed E-state index contributed by atoms with van der Waals surface area (Å²) in [5.74, 6) is 1.64. The van der Waals surface area contributed by atoms with Crippen LogP contribution in [0.15, 0.2) is 18.2 Å². The summed E-state index contributed by atoms with van der Waals surface area (Å²) in [7, 11) is 3.96. The van der Waals surface area contributed by atoms with Crippen LogP contribution in [0.5, 0.6) is 5.75 Å². The first-order chi connectivity index (χ1) is 8.47. The van der Waals surface area contributed by atoms with E-state index >= 15 is 0 Å². The molecule has 1 aromatic carbocycles. The number of likely N-dealkylation sites (tertiary alicyclic amines) is 1. The molecule has 1 saturated heterocycles. The van der Waals surface area contributed by atoms with Crippen molar-refractivity contribution in [2.45, 2.75) is 32.6 Å². The van der Waals surface area contributed by atoms with Crippen LogP contribution < -0.4 is 4.74 Å².